The lowest BCUT2D eigenvalue weighted by Crippen LogP contribution is -3.00. The van der Waals surface area contributed by atoms with Crippen molar-refractivity contribution in [2.45, 2.75) is 122 Å². The third kappa shape index (κ3) is 26.3. The molecular formula is C23H53ClN2O3Si. The Balaban J connectivity index is 0. The van der Waals surface area contributed by atoms with Gasteiger partial charge in [0.05, 0.1) is 20.6 Å². The van der Waals surface area contributed by atoms with Gasteiger partial charge in [0, 0.05) is 19.0 Å². The number of nitrogens with one attached hydrogen (secondary N) is 1. The predicted molar refractivity (Wildman–Crippen MR) is 126 cm³/mol. The summed E-state index contributed by atoms with van der Waals surface area (Å²) in [5.74, 6) is 0. The van der Waals surface area contributed by atoms with E-state index in [0.29, 0.717) is 11.0 Å². The summed E-state index contributed by atoms with van der Waals surface area (Å²) in [5, 5.41) is 0. The molecule has 0 amide bonds. The molecule has 7 heteroatoms. The molecule has 0 atom stereocenters. The molecule has 0 aliphatic rings. The van der Waals surface area contributed by atoms with E-state index in [-0.39, 0.29) is 18.5 Å². The normalized spacial score (nSPS) is 12.2. The van der Waals surface area contributed by atoms with Crippen LogP contribution in [0.1, 0.15) is 116 Å². The van der Waals surface area contributed by atoms with Gasteiger partial charge in [-0.15, -0.1) is 0 Å². The maximum absolute atomic E-state index is 9.07. The molecule has 0 radical (unpaired) electrons. The highest BCUT2D eigenvalue weighted by atomic mass is 35.5. The minimum atomic E-state index is -3.87. The first-order valence-electron chi connectivity index (χ1n) is 12.5. The first-order valence-corrected chi connectivity index (χ1v) is 14.6. The summed E-state index contributed by atoms with van der Waals surface area (Å²) in [6, 6.07) is 0.120. The van der Waals surface area contributed by atoms with Crippen LogP contribution < -0.4 is 17.8 Å². The largest absolute Gasteiger partial charge is 1.00 e. The Morgan fingerprint density at radius 3 is 1.33 bits per heavy atom. The summed E-state index contributed by atoms with van der Waals surface area (Å²) < 4.78 is 0.656. The Kier molecular flexibility index (Phi) is 22.9. The second-order valence-corrected chi connectivity index (χ2v) is 11.5. The van der Waals surface area contributed by atoms with Crippen LogP contribution in [0.15, 0.2) is 0 Å². The van der Waals surface area contributed by atoms with Crippen molar-refractivity contribution in [3.63, 3.8) is 0 Å². The second kappa shape index (κ2) is 21.2. The summed E-state index contributed by atoms with van der Waals surface area (Å²) in [4.78, 5) is 27.2. The van der Waals surface area contributed by atoms with E-state index in [1.165, 1.54) is 103 Å². The van der Waals surface area contributed by atoms with Crippen molar-refractivity contribution in [1.29, 1.82) is 0 Å². The van der Waals surface area contributed by atoms with Crippen LogP contribution in [0.5, 0.6) is 0 Å². The Morgan fingerprint density at radius 1 is 0.600 bits per heavy atom. The van der Waals surface area contributed by atoms with Crippen LogP contribution in [-0.4, -0.2) is 55.0 Å². The Morgan fingerprint density at radius 2 is 0.967 bits per heavy atom. The highest BCUT2D eigenvalue weighted by molar-refractivity contribution is 6.56. The lowest BCUT2D eigenvalue weighted by Gasteiger charge is -2.30. The fraction of sp³-hybridized carbons (Fsp3) is 1.00. The first-order chi connectivity index (χ1) is 13.8. The molecule has 0 aliphatic heterocycles. The van der Waals surface area contributed by atoms with Gasteiger partial charge in [-0.05, 0) is 6.42 Å². The van der Waals surface area contributed by atoms with Crippen molar-refractivity contribution >= 4 is 8.80 Å². The van der Waals surface area contributed by atoms with Crippen molar-refractivity contribution in [3.05, 3.63) is 0 Å². The zero-order valence-corrected chi connectivity index (χ0v) is 22.1. The van der Waals surface area contributed by atoms with Crippen LogP contribution in [0.25, 0.3) is 0 Å². The van der Waals surface area contributed by atoms with E-state index >= 15 is 0 Å². The molecular weight excluding hydrogens is 416 g/mol. The molecule has 0 aromatic carbocycles. The van der Waals surface area contributed by atoms with Crippen LogP contribution in [0, 0.1) is 0 Å². The monoisotopic (exact) mass is 468 g/mol. The van der Waals surface area contributed by atoms with Crippen molar-refractivity contribution < 1.29 is 31.4 Å². The maximum atomic E-state index is 9.07. The molecule has 184 valence electrons. The van der Waals surface area contributed by atoms with Gasteiger partial charge in [0.15, 0.2) is 0 Å². The van der Waals surface area contributed by atoms with Crippen LogP contribution >= 0.6 is 0 Å². The molecule has 0 spiro atoms. The number of halogens is 1. The third-order valence-corrected chi connectivity index (χ3v) is 6.82. The first kappa shape index (κ1) is 32.5. The predicted octanol–water partition coefficient (Wildman–Crippen LogP) is 2.14. The highest BCUT2D eigenvalue weighted by Gasteiger charge is 2.27. The topological polar surface area (TPSA) is 72.7 Å². The SMILES string of the molecule is CCCCCCCCCCCCCCCCCCN[N+](C)(C)CCC[Si](O)(O)O.[Cl-]. The molecule has 0 heterocycles. The van der Waals surface area contributed by atoms with E-state index in [9.17, 15) is 0 Å². The molecule has 5 nitrogen and oxygen atoms in total. The van der Waals surface area contributed by atoms with Crippen LogP contribution in [0.2, 0.25) is 6.04 Å². The smallest absolute Gasteiger partial charge is 0.492 e. The Labute approximate surface area is 195 Å². The molecule has 0 rings (SSSR count). The summed E-state index contributed by atoms with van der Waals surface area (Å²) in [6.45, 7) is 4.06. The van der Waals surface area contributed by atoms with E-state index in [1.54, 1.807) is 0 Å². The minimum Gasteiger partial charge on any atom is -1.00 e. The molecule has 0 saturated carbocycles. The van der Waals surface area contributed by atoms with Gasteiger partial charge in [0.1, 0.15) is 0 Å². The molecule has 0 unspecified atom stereocenters. The molecule has 0 saturated heterocycles. The van der Waals surface area contributed by atoms with Gasteiger partial charge in [-0.2, -0.15) is 5.43 Å². The Bertz CT molecular complexity index is 356. The van der Waals surface area contributed by atoms with Crippen LogP contribution in [0.3, 0.4) is 0 Å². The lowest BCUT2D eigenvalue weighted by atomic mass is 10.0. The summed E-state index contributed by atoms with van der Waals surface area (Å²) in [5.41, 5.74) is 3.50. The van der Waals surface area contributed by atoms with Gasteiger partial charge >= 0.3 is 8.80 Å². The summed E-state index contributed by atoms with van der Waals surface area (Å²) in [7, 11) is 0.298. The maximum Gasteiger partial charge on any atom is 0.492 e. The van der Waals surface area contributed by atoms with Crippen molar-refractivity contribution in [2.24, 2.45) is 0 Å². The summed E-state index contributed by atoms with van der Waals surface area (Å²) >= 11 is 0. The highest BCUT2D eigenvalue weighted by Crippen LogP contribution is 2.13. The Hall–Kier alpha value is 0.307. The van der Waals surface area contributed by atoms with Gasteiger partial charge in [-0.3, -0.25) is 4.59 Å². The number of quaternary nitrogens is 1. The number of nitrogens with zero attached hydrogens (tertiary/aromatic N) is 1. The third-order valence-electron chi connectivity index (χ3n) is 5.80. The van der Waals surface area contributed by atoms with Gasteiger partial charge in [-0.1, -0.05) is 103 Å². The van der Waals surface area contributed by atoms with Gasteiger partial charge in [0.25, 0.3) is 0 Å². The van der Waals surface area contributed by atoms with E-state index in [4.69, 9.17) is 14.4 Å². The number of hydrogen-bond acceptors (Lipinski definition) is 4. The van der Waals surface area contributed by atoms with Gasteiger partial charge < -0.3 is 26.8 Å². The molecule has 0 aromatic rings. The molecule has 0 bridgehead atoms. The van der Waals surface area contributed by atoms with E-state index in [1.807, 2.05) is 0 Å². The van der Waals surface area contributed by atoms with E-state index < -0.39 is 8.80 Å². The van der Waals surface area contributed by atoms with E-state index in [2.05, 4.69) is 26.4 Å². The minimum absolute atomic E-state index is 0. The van der Waals surface area contributed by atoms with Crippen molar-refractivity contribution in [2.75, 3.05) is 27.2 Å². The molecule has 0 fully saturated rings. The lowest BCUT2D eigenvalue weighted by molar-refractivity contribution is -0.934. The quantitative estimate of drug-likeness (QED) is 0.0849. The number of unbranched alkanes of at least 4 members (excludes halogenated alkanes) is 15. The second-order valence-electron chi connectivity index (χ2n) is 9.50. The zero-order chi connectivity index (χ0) is 21.8. The molecule has 0 aliphatic carbocycles. The van der Waals surface area contributed by atoms with Crippen molar-refractivity contribution in [1.82, 2.24) is 5.43 Å². The molecule has 4 N–H and O–H groups in total. The average molecular weight is 469 g/mol. The fourth-order valence-corrected chi connectivity index (χ4v) is 4.48. The van der Waals surface area contributed by atoms with Crippen LogP contribution in [-0.2, 0) is 0 Å². The number of rotatable bonds is 22. The zero-order valence-electron chi connectivity index (χ0n) is 20.3. The standard InChI is InChI=1S/C23H53N2O3Si.ClH/c1-4-5-6-7-8-9-10-11-12-13-14-15-16-17-18-19-21-24-25(2,3)22-20-23-29(26,27)28;/h24,26-28H,4-23H2,1-3H3;1H/q+1;/p-1. The summed E-state index contributed by atoms with van der Waals surface area (Å²) in [6.07, 6.45) is 22.8. The van der Waals surface area contributed by atoms with Crippen molar-refractivity contribution in [3.8, 4) is 0 Å². The molecule has 30 heavy (non-hydrogen) atoms. The number of hydrogen-bond donors (Lipinski definition) is 4. The fourth-order valence-electron chi connectivity index (χ4n) is 3.85. The van der Waals surface area contributed by atoms with E-state index in [0.717, 1.165) is 13.1 Å². The van der Waals surface area contributed by atoms with Crippen LogP contribution in [0.4, 0.5) is 0 Å². The van der Waals surface area contributed by atoms with Gasteiger partial charge in [0.2, 0.25) is 0 Å². The molecule has 0 aromatic heterocycles. The van der Waals surface area contributed by atoms with Gasteiger partial charge in [-0.25, -0.2) is 0 Å². The average Bonchev–Trinajstić information content (AvgIpc) is 2.63.